The first kappa shape index (κ1) is 11.1. The molecule has 0 aromatic heterocycles. The molecule has 0 aliphatic carbocycles. The summed E-state index contributed by atoms with van der Waals surface area (Å²) in [4.78, 5) is 22.1. The number of carboxylic acids is 1. The van der Waals surface area contributed by atoms with Gasteiger partial charge in [-0.1, -0.05) is 28.1 Å². The van der Waals surface area contributed by atoms with Crippen LogP contribution in [-0.2, 0) is 14.3 Å². The van der Waals surface area contributed by atoms with Crippen LogP contribution in [0.2, 0.25) is 0 Å². The van der Waals surface area contributed by atoms with Gasteiger partial charge < -0.3 is 9.84 Å². The van der Waals surface area contributed by atoms with Gasteiger partial charge in [0.1, 0.15) is 12.0 Å². The number of carbonyl (C=O) groups is 2. The molecule has 16 heavy (non-hydrogen) atoms. The zero-order valence-corrected chi connectivity index (χ0v) is 9.81. The van der Waals surface area contributed by atoms with Gasteiger partial charge in [-0.05, 0) is 17.7 Å². The average Bonchev–Trinajstić information content (AvgIpc) is 2.60. The lowest BCUT2D eigenvalue weighted by Gasteiger charge is -2.14. The Kier molecular flexibility index (Phi) is 2.96. The summed E-state index contributed by atoms with van der Waals surface area (Å²) in [6.07, 6.45) is -0.741. The van der Waals surface area contributed by atoms with Crippen LogP contribution in [0.3, 0.4) is 0 Å². The van der Waals surface area contributed by atoms with Crippen molar-refractivity contribution < 1.29 is 19.4 Å². The maximum absolute atomic E-state index is 11.1. The summed E-state index contributed by atoms with van der Waals surface area (Å²) in [6, 6.07) is 7.13. The molecule has 0 saturated carbocycles. The second kappa shape index (κ2) is 4.25. The summed E-state index contributed by atoms with van der Waals surface area (Å²) < 4.78 is 5.87. The monoisotopic (exact) mass is 284 g/mol. The molecule has 1 aliphatic rings. The maximum Gasteiger partial charge on any atom is 0.311 e. The first-order chi connectivity index (χ1) is 7.58. The van der Waals surface area contributed by atoms with E-state index >= 15 is 0 Å². The van der Waals surface area contributed by atoms with Gasteiger partial charge in [0.15, 0.2) is 0 Å². The molecule has 0 spiro atoms. The number of rotatable bonds is 2. The molecule has 1 N–H and O–H groups in total. The molecule has 0 amide bonds. The standard InChI is InChI=1S/C11H9BrO4/c12-7-3-1-2-6(4-7)10-8(11(14)15)5-9(13)16-10/h1-4,8,10H,5H2,(H,14,15)/t8-,10+/m0/s1. The van der Waals surface area contributed by atoms with E-state index in [9.17, 15) is 9.59 Å². The number of hydrogen-bond acceptors (Lipinski definition) is 3. The van der Waals surface area contributed by atoms with E-state index in [0.29, 0.717) is 5.56 Å². The maximum atomic E-state index is 11.1. The number of aliphatic carboxylic acids is 1. The fraction of sp³-hybridized carbons (Fsp3) is 0.273. The van der Waals surface area contributed by atoms with Crippen molar-refractivity contribution in [2.24, 2.45) is 5.92 Å². The SMILES string of the molecule is O=C1C[C@H](C(=O)O)[C@@H](c2cccc(Br)c2)O1. The fourth-order valence-electron chi connectivity index (χ4n) is 1.76. The van der Waals surface area contributed by atoms with E-state index in [2.05, 4.69) is 15.9 Å². The minimum Gasteiger partial charge on any atom is -0.481 e. The Bertz CT molecular complexity index is 443. The Morgan fingerprint density at radius 3 is 2.88 bits per heavy atom. The number of esters is 1. The Morgan fingerprint density at radius 2 is 2.25 bits per heavy atom. The van der Waals surface area contributed by atoms with Gasteiger partial charge in [0.25, 0.3) is 0 Å². The van der Waals surface area contributed by atoms with Gasteiger partial charge in [-0.2, -0.15) is 0 Å². The van der Waals surface area contributed by atoms with E-state index in [0.717, 1.165) is 4.47 Å². The van der Waals surface area contributed by atoms with Crippen molar-refractivity contribution in [3.05, 3.63) is 34.3 Å². The molecular weight excluding hydrogens is 276 g/mol. The molecule has 0 bridgehead atoms. The van der Waals surface area contributed by atoms with E-state index < -0.39 is 24.0 Å². The Morgan fingerprint density at radius 1 is 1.50 bits per heavy atom. The molecule has 1 aromatic carbocycles. The highest BCUT2D eigenvalue weighted by Crippen LogP contribution is 2.36. The number of hydrogen-bond donors (Lipinski definition) is 1. The second-order valence-corrected chi connectivity index (χ2v) is 4.53. The molecule has 1 aliphatic heterocycles. The van der Waals surface area contributed by atoms with Crippen LogP contribution < -0.4 is 0 Å². The minimum atomic E-state index is -1.00. The molecule has 2 atom stereocenters. The van der Waals surface area contributed by atoms with Crippen LogP contribution in [0.4, 0.5) is 0 Å². The largest absolute Gasteiger partial charge is 0.481 e. The quantitative estimate of drug-likeness (QED) is 0.845. The van der Waals surface area contributed by atoms with Crippen molar-refractivity contribution in [3.8, 4) is 0 Å². The molecule has 4 nitrogen and oxygen atoms in total. The predicted octanol–water partition coefficient (Wildman–Crippen LogP) is 2.14. The first-order valence-electron chi connectivity index (χ1n) is 4.75. The van der Waals surface area contributed by atoms with Crippen LogP contribution in [0.1, 0.15) is 18.1 Å². The molecule has 1 heterocycles. The minimum absolute atomic E-state index is 0.0630. The normalized spacial score (nSPS) is 24.2. The van der Waals surface area contributed by atoms with Gasteiger partial charge >= 0.3 is 11.9 Å². The number of halogens is 1. The molecule has 5 heteroatoms. The molecule has 1 fully saturated rings. The molecule has 0 unspecified atom stereocenters. The highest BCUT2D eigenvalue weighted by atomic mass is 79.9. The molecule has 84 valence electrons. The van der Waals surface area contributed by atoms with Gasteiger partial charge in [-0.15, -0.1) is 0 Å². The van der Waals surface area contributed by atoms with E-state index in [1.165, 1.54) is 0 Å². The Labute approximate surface area is 100 Å². The van der Waals surface area contributed by atoms with Gasteiger partial charge in [0.2, 0.25) is 0 Å². The molecule has 1 aromatic rings. The van der Waals surface area contributed by atoms with Crippen molar-refractivity contribution in [1.29, 1.82) is 0 Å². The third-order valence-electron chi connectivity index (χ3n) is 2.50. The number of cyclic esters (lactones) is 1. The molecule has 0 radical (unpaired) electrons. The summed E-state index contributed by atoms with van der Waals surface area (Å²) in [7, 11) is 0. The third-order valence-corrected chi connectivity index (χ3v) is 3.00. The average molecular weight is 285 g/mol. The smallest absolute Gasteiger partial charge is 0.311 e. The highest BCUT2D eigenvalue weighted by molar-refractivity contribution is 9.10. The Hall–Kier alpha value is -1.36. The molecule has 1 saturated heterocycles. The molecular formula is C11H9BrO4. The van der Waals surface area contributed by atoms with Gasteiger partial charge in [0.05, 0.1) is 6.42 Å². The lowest BCUT2D eigenvalue weighted by Crippen LogP contribution is -2.17. The third kappa shape index (κ3) is 2.09. The van der Waals surface area contributed by atoms with Gasteiger partial charge in [-0.3, -0.25) is 9.59 Å². The summed E-state index contributed by atoms with van der Waals surface area (Å²) >= 11 is 3.29. The fourth-order valence-corrected chi connectivity index (χ4v) is 2.18. The lowest BCUT2D eigenvalue weighted by atomic mass is 9.95. The van der Waals surface area contributed by atoms with Crippen LogP contribution in [0.15, 0.2) is 28.7 Å². The van der Waals surface area contributed by atoms with Crippen molar-refractivity contribution in [3.63, 3.8) is 0 Å². The zero-order valence-electron chi connectivity index (χ0n) is 8.22. The lowest BCUT2D eigenvalue weighted by molar-refractivity contribution is -0.144. The number of carboxylic acid groups (broad SMARTS) is 1. The van der Waals surface area contributed by atoms with E-state index in [1.54, 1.807) is 18.2 Å². The zero-order chi connectivity index (χ0) is 11.7. The van der Waals surface area contributed by atoms with Crippen molar-refractivity contribution >= 4 is 27.9 Å². The van der Waals surface area contributed by atoms with Gasteiger partial charge in [-0.25, -0.2) is 0 Å². The van der Waals surface area contributed by atoms with E-state index in [1.807, 2.05) is 6.07 Å². The van der Waals surface area contributed by atoms with Crippen LogP contribution >= 0.6 is 15.9 Å². The summed E-state index contributed by atoms with van der Waals surface area (Å²) in [6.45, 7) is 0. The molecule has 2 rings (SSSR count). The van der Waals surface area contributed by atoms with Crippen molar-refractivity contribution in [2.45, 2.75) is 12.5 Å². The van der Waals surface area contributed by atoms with Crippen LogP contribution in [0.5, 0.6) is 0 Å². The topological polar surface area (TPSA) is 63.6 Å². The highest BCUT2D eigenvalue weighted by Gasteiger charge is 2.40. The number of benzene rings is 1. The van der Waals surface area contributed by atoms with Gasteiger partial charge in [0, 0.05) is 4.47 Å². The number of carbonyl (C=O) groups excluding carboxylic acids is 1. The Balaban J connectivity index is 2.32. The van der Waals surface area contributed by atoms with E-state index in [-0.39, 0.29) is 6.42 Å². The van der Waals surface area contributed by atoms with Crippen molar-refractivity contribution in [1.82, 2.24) is 0 Å². The summed E-state index contributed by atoms with van der Waals surface area (Å²) in [5.41, 5.74) is 0.702. The summed E-state index contributed by atoms with van der Waals surface area (Å²) in [5, 5.41) is 8.99. The van der Waals surface area contributed by atoms with Crippen LogP contribution in [0.25, 0.3) is 0 Å². The number of ether oxygens (including phenoxy) is 1. The van der Waals surface area contributed by atoms with E-state index in [4.69, 9.17) is 9.84 Å². The van der Waals surface area contributed by atoms with Crippen LogP contribution in [0, 0.1) is 5.92 Å². The van der Waals surface area contributed by atoms with Crippen LogP contribution in [-0.4, -0.2) is 17.0 Å². The predicted molar refractivity (Wildman–Crippen MR) is 58.7 cm³/mol. The first-order valence-corrected chi connectivity index (χ1v) is 5.55. The second-order valence-electron chi connectivity index (χ2n) is 3.61. The van der Waals surface area contributed by atoms with Crippen molar-refractivity contribution in [2.75, 3.05) is 0 Å². The summed E-state index contributed by atoms with van der Waals surface area (Å²) in [5.74, 6) is -2.25.